The first-order chi connectivity index (χ1) is 6.09. The lowest BCUT2D eigenvalue weighted by molar-refractivity contribution is 0.185. The molecule has 0 aromatic heterocycles. The van der Waals surface area contributed by atoms with Crippen LogP contribution in [-0.2, 0) is 6.42 Å². The summed E-state index contributed by atoms with van der Waals surface area (Å²) in [6.07, 6.45) is 0.843. The first kappa shape index (κ1) is 9.99. The highest BCUT2D eigenvalue weighted by atomic mass is 19.1. The monoisotopic (exact) mass is 184 g/mol. The topological polar surface area (TPSA) is 40.5 Å². The molecule has 0 fully saturated rings. The van der Waals surface area contributed by atoms with Crippen LogP contribution in [0, 0.1) is 5.82 Å². The van der Waals surface area contributed by atoms with Crippen LogP contribution >= 0.6 is 0 Å². The molecule has 0 unspecified atom stereocenters. The van der Waals surface area contributed by atoms with E-state index in [-0.39, 0.29) is 11.9 Å². The number of aromatic hydroxyl groups is 1. The predicted octanol–water partition coefficient (Wildman–Crippen LogP) is 1.84. The maximum Gasteiger partial charge on any atom is 0.165 e. The molecule has 0 heterocycles. The average molecular weight is 184 g/mol. The van der Waals surface area contributed by atoms with Crippen molar-refractivity contribution in [2.75, 3.05) is 0 Å². The molecule has 2 nitrogen and oxygen atoms in total. The second-order valence-electron chi connectivity index (χ2n) is 3.17. The summed E-state index contributed by atoms with van der Waals surface area (Å²) in [5.74, 6) is -0.941. The first-order valence-corrected chi connectivity index (χ1v) is 4.25. The van der Waals surface area contributed by atoms with Gasteiger partial charge in [-0.15, -0.1) is 0 Å². The Morgan fingerprint density at radius 1 is 1.46 bits per heavy atom. The van der Waals surface area contributed by atoms with Crippen molar-refractivity contribution in [3.8, 4) is 5.75 Å². The largest absolute Gasteiger partial charge is 0.505 e. The lowest BCUT2D eigenvalue weighted by Crippen LogP contribution is -2.01. The lowest BCUT2D eigenvalue weighted by atomic mass is 10.1. The van der Waals surface area contributed by atoms with E-state index >= 15 is 0 Å². The number of aliphatic hydroxyl groups is 1. The SMILES string of the molecule is C[C@H](O)CCc1ccc(O)c(F)c1. The van der Waals surface area contributed by atoms with Gasteiger partial charge in [0.05, 0.1) is 6.10 Å². The molecule has 0 radical (unpaired) electrons. The molecule has 0 saturated heterocycles. The lowest BCUT2D eigenvalue weighted by Gasteiger charge is -2.04. The average Bonchev–Trinajstić information content (AvgIpc) is 2.07. The minimum Gasteiger partial charge on any atom is -0.505 e. The standard InChI is InChI=1S/C10H13FO2/c1-7(12)2-3-8-4-5-10(13)9(11)6-8/h4-7,12-13H,2-3H2,1H3/t7-/m0/s1. The molecule has 0 aliphatic heterocycles. The van der Waals surface area contributed by atoms with E-state index in [1.165, 1.54) is 12.1 Å². The molecule has 0 aliphatic rings. The molecule has 1 aromatic carbocycles. The Morgan fingerprint density at radius 2 is 2.15 bits per heavy atom. The molecule has 1 rings (SSSR count). The van der Waals surface area contributed by atoms with Gasteiger partial charge in [0.2, 0.25) is 0 Å². The number of benzene rings is 1. The summed E-state index contributed by atoms with van der Waals surface area (Å²) in [4.78, 5) is 0. The molecule has 72 valence electrons. The van der Waals surface area contributed by atoms with Gasteiger partial charge in [0.15, 0.2) is 11.6 Å². The van der Waals surface area contributed by atoms with Crippen molar-refractivity contribution < 1.29 is 14.6 Å². The van der Waals surface area contributed by atoms with E-state index in [4.69, 9.17) is 10.2 Å². The van der Waals surface area contributed by atoms with Crippen LogP contribution in [0.25, 0.3) is 0 Å². The Bertz CT molecular complexity index is 284. The minimum absolute atomic E-state index is 0.333. The molecule has 2 N–H and O–H groups in total. The maximum absolute atomic E-state index is 12.8. The van der Waals surface area contributed by atoms with Crippen LogP contribution in [0.1, 0.15) is 18.9 Å². The van der Waals surface area contributed by atoms with Crippen molar-refractivity contribution in [2.24, 2.45) is 0 Å². The molecule has 0 saturated carbocycles. The van der Waals surface area contributed by atoms with E-state index in [0.717, 1.165) is 5.56 Å². The van der Waals surface area contributed by atoms with Gasteiger partial charge in [-0.1, -0.05) is 6.07 Å². The van der Waals surface area contributed by atoms with Crippen molar-refractivity contribution in [3.05, 3.63) is 29.6 Å². The Labute approximate surface area is 76.6 Å². The molecular weight excluding hydrogens is 171 g/mol. The zero-order valence-electron chi connectivity index (χ0n) is 7.50. The second-order valence-corrected chi connectivity index (χ2v) is 3.17. The summed E-state index contributed by atoms with van der Waals surface area (Å²) in [6, 6.07) is 4.27. The number of rotatable bonds is 3. The normalized spacial score (nSPS) is 12.8. The summed E-state index contributed by atoms with van der Waals surface area (Å²) in [6.45, 7) is 1.69. The zero-order chi connectivity index (χ0) is 9.84. The first-order valence-electron chi connectivity index (χ1n) is 4.25. The number of aliphatic hydroxyl groups excluding tert-OH is 1. The third-order valence-corrected chi connectivity index (χ3v) is 1.86. The molecule has 0 amide bonds. The van der Waals surface area contributed by atoms with Crippen LogP contribution < -0.4 is 0 Å². The van der Waals surface area contributed by atoms with E-state index in [9.17, 15) is 4.39 Å². The second kappa shape index (κ2) is 4.23. The van der Waals surface area contributed by atoms with Gasteiger partial charge >= 0.3 is 0 Å². The summed E-state index contributed by atoms with van der Waals surface area (Å²) in [5, 5.41) is 17.9. The van der Waals surface area contributed by atoms with E-state index in [1.54, 1.807) is 13.0 Å². The van der Waals surface area contributed by atoms with E-state index in [1.807, 2.05) is 0 Å². The highest BCUT2D eigenvalue weighted by molar-refractivity contribution is 5.28. The maximum atomic E-state index is 12.8. The van der Waals surface area contributed by atoms with Gasteiger partial charge < -0.3 is 10.2 Å². The fourth-order valence-corrected chi connectivity index (χ4v) is 1.08. The zero-order valence-corrected chi connectivity index (χ0v) is 7.50. The van der Waals surface area contributed by atoms with Crippen molar-refractivity contribution in [2.45, 2.75) is 25.9 Å². The van der Waals surface area contributed by atoms with Crippen molar-refractivity contribution in [1.29, 1.82) is 0 Å². The Morgan fingerprint density at radius 3 is 2.69 bits per heavy atom. The molecule has 13 heavy (non-hydrogen) atoms. The van der Waals surface area contributed by atoms with Gasteiger partial charge in [-0.25, -0.2) is 4.39 Å². The molecule has 1 atom stereocenters. The minimum atomic E-state index is -0.608. The number of hydrogen-bond donors (Lipinski definition) is 2. The number of aryl methyl sites for hydroxylation is 1. The smallest absolute Gasteiger partial charge is 0.165 e. The van der Waals surface area contributed by atoms with Gasteiger partial charge in [-0.2, -0.15) is 0 Å². The highest BCUT2D eigenvalue weighted by Crippen LogP contribution is 2.17. The van der Waals surface area contributed by atoms with Crippen LogP contribution in [0.4, 0.5) is 4.39 Å². The van der Waals surface area contributed by atoms with Gasteiger partial charge in [-0.05, 0) is 37.5 Å². The molecule has 0 bridgehead atoms. The molecule has 0 aliphatic carbocycles. The Balaban J connectivity index is 2.63. The molecule has 3 heteroatoms. The molecule has 1 aromatic rings. The van der Waals surface area contributed by atoms with Crippen molar-refractivity contribution in [3.63, 3.8) is 0 Å². The summed E-state index contributed by atoms with van der Waals surface area (Å²) >= 11 is 0. The fourth-order valence-electron chi connectivity index (χ4n) is 1.08. The number of hydrogen-bond acceptors (Lipinski definition) is 2. The summed E-state index contributed by atoms with van der Waals surface area (Å²) in [5.41, 5.74) is 0.788. The van der Waals surface area contributed by atoms with Gasteiger partial charge in [0, 0.05) is 0 Å². The van der Waals surface area contributed by atoms with Crippen LogP contribution in [0.15, 0.2) is 18.2 Å². The summed E-state index contributed by atoms with van der Waals surface area (Å²) in [7, 11) is 0. The quantitative estimate of drug-likeness (QED) is 0.752. The third kappa shape index (κ3) is 3.03. The van der Waals surface area contributed by atoms with Crippen molar-refractivity contribution >= 4 is 0 Å². The van der Waals surface area contributed by atoms with Crippen LogP contribution in [0.2, 0.25) is 0 Å². The third-order valence-electron chi connectivity index (χ3n) is 1.86. The van der Waals surface area contributed by atoms with E-state index in [2.05, 4.69) is 0 Å². The highest BCUT2D eigenvalue weighted by Gasteiger charge is 2.02. The Hall–Kier alpha value is -1.09. The van der Waals surface area contributed by atoms with Crippen molar-refractivity contribution in [1.82, 2.24) is 0 Å². The number of phenolic OH excluding ortho intramolecular Hbond substituents is 1. The molecule has 0 spiro atoms. The molecular formula is C10H13FO2. The summed E-state index contributed by atoms with van der Waals surface area (Å²) < 4.78 is 12.8. The number of phenols is 1. The van der Waals surface area contributed by atoms with Crippen LogP contribution in [0.3, 0.4) is 0 Å². The van der Waals surface area contributed by atoms with Crippen LogP contribution in [0.5, 0.6) is 5.75 Å². The fraction of sp³-hybridized carbons (Fsp3) is 0.400. The van der Waals surface area contributed by atoms with E-state index in [0.29, 0.717) is 12.8 Å². The van der Waals surface area contributed by atoms with Crippen LogP contribution in [-0.4, -0.2) is 16.3 Å². The van der Waals surface area contributed by atoms with Gasteiger partial charge in [-0.3, -0.25) is 0 Å². The van der Waals surface area contributed by atoms with Gasteiger partial charge in [0.1, 0.15) is 0 Å². The van der Waals surface area contributed by atoms with Gasteiger partial charge in [0.25, 0.3) is 0 Å². The number of halogens is 1. The predicted molar refractivity (Wildman–Crippen MR) is 48.1 cm³/mol. The Kier molecular flexibility index (Phi) is 3.25. The van der Waals surface area contributed by atoms with E-state index < -0.39 is 5.82 Å².